The molecule has 1 aliphatic heterocycles. The van der Waals surface area contributed by atoms with E-state index in [4.69, 9.17) is 0 Å². The summed E-state index contributed by atoms with van der Waals surface area (Å²) in [6.45, 7) is 1.12. The molecule has 0 spiro atoms. The second-order valence-corrected chi connectivity index (χ2v) is 7.16. The first-order chi connectivity index (χ1) is 12.6. The molecule has 0 aliphatic carbocycles. The van der Waals surface area contributed by atoms with Gasteiger partial charge in [-0.05, 0) is 36.6 Å². The minimum Gasteiger partial charge on any atom is -0.379 e. The van der Waals surface area contributed by atoms with Crippen molar-refractivity contribution in [2.75, 3.05) is 18.4 Å². The van der Waals surface area contributed by atoms with Crippen molar-refractivity contribution in [2.45, 2.75) is 25.3 Å². The number of hydrogen-bond donors (Lipinski definition) is 1. The molecular weight excluding hydrogens is 398 g/mol. The van der Waals surface area contributed by atoms with Crippen molar-refractivity contribution in [1.29, 1.82) is 0 Å². The Morgan fingerprint density at radius 3 is 2.69 bits per heavy atom. The topological polar surface area (TPSA) is 75.5 Å². The largest absolute Gasteiger partial charge is 0.379 e. The summed E-state index contributed by atoms with van der Waals surface area (Å²) in [6, 6.07) is 14.7. The third kappa shape index (κ3) is 4.22. The first-order valence-corrected chi connectivity index (χ1v) is 9.38. The van der Waals surface area contributed by atoms with Crippen molar-refractivity contribution in [3.63, 3.8) is 0 Å². The van der Waals surface area contributed by atoms with Gasteiger partial charge in [0.05, 0.1) is 11.0 Å². The second-order valence-electron chi connectivity index (χ2n) is 6.25. The fourth-order valence-electron chi connectivity index (χ4n) is 3.33. The molecule has 1 heterocycles. The lowest BCUT2D eigenvalue weighted by Crippen LogP contribution is -2.31. The quantitative estimate of drug-likeness (QED) is 0.553. The number of amides is 1. The summed E-state index contributed by atoms with van der Waals surface area (Å²) in [4.78, 5) is 25.2. The van der Waals surface area contributed by atoms with Gasteiger partial charge >= 0.3 is 0 Å². The van der Waals surface area contributed by atoms with Crippen LogP contribution in [0.1, 0.15) is 30.9 Å². The van der Waals surface area contributed by atoms with Crippen LogP contribution in [0.4, 0.5) is 11.4 Å². The minimum absolute atomic E-state index is 0.0221. The summed E-state index contributed by atoms with van der Waals surface area (Å²) in [5.41, 5.74) is 1.61. The van der Waals surface area contributed by atoms with Crippen molar-refractivity contribution >= 4 is 33.2 Å². The summed E-state index contributed by atoms with van der Waals surface area (Å²) in [6.07, 6.45) is 2.26. The molecule has 2 aromatic rings. The van der Waals surface area contributed by atoms with Crippen LogP contribution in [0.25, 0.3) is 0 Å². The van der Waals surface area contributed by atoms with E-state index in [0.29, 0.717) is 18.7 Å². The highest BCUT2D eigenvalue weighted by Crippen LogP contribution is 2.33. The standard InChI is InChI=1S/C19H20BrN3O3/c20-15-9-7-14(8-10-15)17-6-3-13-22(17)19(24)11-12-21-16-4-1-2-5-18(16)23(25)26/h1-2,4-5,7-10,17,21H,3,6,11-13H2. The zero-order valence-electron chi connectivity index (χ0n) is 14.2. The van der Waals surface area contributed by atoms with E-state index in [9.17, 15) is 14.9 Å². The van der Waals surface area contributed by atoms with E-state index in [1.807, 2.05) is 29.2 Å². The third-order valence-electron chi connectivity index (χ3n) is 4.58. The first-order valence-electron chi connectivity index (χ1n) is 8.58. The van der Waals surface area contributed by atoms with E-state index in [1.165, 1.54) is 6.07 Å². The first kappa shape index (κ1) is 18.4. The number of benzene rings is 2. The number of carbonyl (C=O) groups excluding carboxylic acids is 1. The van der Waals surface area contributed by atoms with Gasteiger partial charge in [-0.3, -0.25) is 14.9 Å². The van der Waals surface area contributed by atoms with Gasteiger partial charge in [-0.2, -0.15) is 0 Å². The van der Waals surface area contributed by atoms with Gasteiger partial charge in [0.15, 0.2) is 0 Å². The van der Waals surface area contributed by atoms with Gasteiger partial charge in [0.25, 0.3) is 5.69 Å². The van der Waals surface area contributed by atoms with Crippen LogP contribution in [0.5, 0.6) is 0 Å². The summed E-state index contributed by atoms with van der Waals surface area (Å²) >= 11 is 3.43. The minimum atomic E-state index is -0.422. The van der Waals surface area contributed by atoms with Crippen LogP contribution in [0.15, 0.2) is 53.0 Å². The Morgan fingerprint density at radius 1 is 1.23 bits per heavy atom. The number of anilines is 1. The van der Waals surface area contributed by atoms with Gasteiger partial charge in [-0.15, -0.1) is 0 Å². The average molecular weight is 418 g/mol. The molecule has 0 saturated carbocycles. The van der Waals surface area contributed by atoms with Crippen LogP contribution in [-0.2, 0) is 4.79 Å². The molecule has 1 N–H and O–H groups in total. The Labute approximate surface area is 160 Å². The monoisotopic (exact) mass is 417 g/mol. The molecule has 7 heteroatoms. The van der Waals surface area contributed by atoms with E-state index in [0.717, 1.165) is 29.4 Å². The Hall–Kier alpha value is -2.41. The van der Waals surface area contributed by atoms with Gasteiger partial charge in [-0.1, -0.05) is 40.2 Å². The molecule has 1 atom stereocenters. The smallest absolute Gasteiger partial charge is 0.292 e. The number of halogens is 1. The highest BCUT2D eigenvalue weighted by atomic mass is 79.9. The Kier molecular flexibility index (Phi) is 5.88. The molecule has 1 saturated heterocycles. The summed E-state index contributed by atoms with van der Waals surface area (Å²) in [7, 11) is 0. The highest BCUT2D eigenvalue weighted by molar-refractivity contribution is 9.10. The molecule has 1 unspecified atom stereocenters. The lowest BCUT2D eigenvalue weighted by Gasteiger charge is -2.25. The number of hydrogen-bond acceptors (Lipinski definition) is 4. The number of rotatable bonds is 6. The zero-order chi connectivity index (χ0) is 18.5. The Morgan fingerprint density at radius 2 is 1.96 bits per heavy atom. The van der Waals surface area contributed by atoms with Crippen LogP contribution in [0.3, 0.4) is 0 Å². The van der Waals surface area contributed by atoms with E-state index >= 15 is 0 Å². The summed E-state index contributed by atoms with van der Waals surface area (Å²) in [5.74, 6) is 0.0708. The number of carbonyl (C=O) groups is 1. The van der Waals surface area contributed by atoms with Crippen LogP contribution >= 0.6 is 15.9 Å². The molecule has 1 aliphatic rings. The maximum absolute atomic E-state index is 12.6. The van der Waals surface area contributed by atoms with Crippen LogP contribution in [0, 0.1) is 10.1 Å². The molecule has 1 fully saturated rings. The maximum atomic E-state index is 12.6. The van der Waals surface area contributed by atoms with E-state index < -0.39 is 4.92 Å². The lowest BCUT2D eigenvalue weighted by atomic mass is 10.0. The third-order valence-corrected chi connectivity index (χ3v) is 5.11. The predicted octanol–water partition coefficient (Wildman–Crippen LogP) is 4.52. The number of nitro groups is 1. The number of nitrogens with one attached hydrogen (secondary N) is 1. The fraction of sp³-hybridized carbons (Fsp3) is 0.316. The van der Waals surface area contributed by atoms with Crippen molar-refractivity contribution < 1.29 is 9.72 Å². The molecule has 26 heavy (non-hydrogen) atoms. The van der Waals surface area contributed by atoms with Crippen molar-refractivity contribution in [2.24, 2.45) is 0 Å². The van der Waals surface area contributed by atoms with Crippen molar-refractivity contribution in [3.05, 3.63) is 68.7 Å². The molecule has 2 aromatic carbocycles. The van der Waals surface area contributed by atoms with E-state index in [2.05, 4.69) is 21.2 Å². The van der Waals surface area contributed by atoms with Gasteiger partial charge in [-0.25, -0.2) is 0 Å². The number of nitrogens with zero attached hydrogens (tertiary/aromatic N) is 2. The van der Waals surface area contributed by atoms with Crippen LogP contribution in [0.2, 0.25) is 0 Å². The second kappa shape index (κ2) is 8.31. The number of nitro benzene ring substituents is 1. The SMILES string of the molecule is O=C(CCNc1ccccc1[N+](=O)[O-])N1CCCC1c1ccc(Br)cc1. The molecule has 136 valence electrons. The normalized spacial score (nSPS) is 16.5. The predicted molar refractivity (Wildman–Crippen MR) is 104 cm³/mol. The molecule has 0 radical (unpaired) electrons. The lowest BCUT2D eigenvalue weighted by molar-refractivity contribution is -0.384. The summed E-state index contributed by atoms with van der Waals surface area (Å²) in [5, 5.41) is 14.1. The molecule has 0 aromatic heterocycles. The Bertz CT molecular complexity index is 795. The fourth-order valence-corrected chi connectivity index (χ4v) is 3.59. The molecular formula is C19H20BrN3O3. The van der Waals surface area contributed by atoms with E-state index in [1.54, 1.807) is 18.2 Å². The molecule has 3 rings (SSSR count). The van der Waals surface area contributed by atoms with Crippen molar-refractivity contribution in [3.8, 4) is 0 Å². The van der Waals surface area contributed by atoms with Crippen molar-refractivity contribution in [1.82, 2.24) is 4.90 Å². The molecule has 6 nitrogen and oxygen atoms in total. The molecule has 0 bridgehead atoms. The molecule has 1 amide bonds. The zero-order valence-corrected chi connectivity index (χ0v) is 15.8. The maximum Gasteiger partial charge on any atom is 0.292 e. The average Bonchev–Trinajstić information content (AvgIpc) is 3.12. The van der Waals surface area contributed by atoms with Gasteiger partial charge in [0, 0.05) is 30.0 Å². The van der Waals surface area contributed by atoms with E-state index in [-0.39, 0.29) is 17.6 Å². The number of para-hydroxylation sites is 2. The highest BCUT2D eigenvalue weighted by Gasteiger charge is 2.29. The van der Waals surface area contributed by atoms with Gasteiger partial charge in [0.2, 0.25) is 5.91 Å². The summed E-state index contributed by atoms with van der Waals surface area (Å²) < 4.78 is 1.02. The Balaban J connectivity index is 1.59. The number of likely N-dealkylation sites (tertiary alicyclic amines) is 1. The van der Waals surface area contributed by atoms with Crippen LogP contribution in [-0.4, -0.2) is 28.8 Å². The van der Waals surface area contributed by atoms with Gasteiger partial charge < -0.3 is 10.2 Å². The van der Waals surface area contributed by atoms with Crippen LogP contribution < -0.4 is 5.32 Å². The van der Waals surface area contributed by atoms with Gasteiger partial charge in [0.1, 0.15) is 5.69 Å².